The van der Waals surface area contributed by atoms with Gasteiger partial charge in [0.05, 0.1) is 5.30 Å². The minimum absolute atomic E-state index is 0.0356. The van der Waals surface area contributed by atoms with Crippen molar-refractivity contribution in [2.24, 2.45) is 0 Å². The van der Waals surface area contributed by atoms with E-state index in [-0.39, 0.29) is 11.1 Å². The second-order valence-electron chi connectivity index (χ2n) is 3.44. The molecule has 0 spiro atoms. The summed E-state index contributed by atoms with van der Waals surface area (Å²) in [7, 11) is -3.90. The third kappa shape index (κ3) is 2.87. The van der Waals surface area contributed by atoms with Gasteiger partial charge in [0.25, 0.3) is 0 Å². The fourth-order valence-electron chi connectivity index (χ4n) is 1.32. The summed E-state index contributed by atoms with van der Waals surface area (Å²) >= 11 is 0. The average Bonchev–Trinajstić information content (AvgIpc) is 2.30. The molecule has 0 heterocycles. The summed E-state index contributed by atoms with van der Waals surface area (Å²) in [6, 6.07) is 13.8. The lowest BCUT2D eigenvalue weighted by Crippen LogP contribution is -2.08. The van der Waals surface area contributed by atoms with Crippen molar-refractivity contribution in [1.29, 1.82) is 0 Å². The third-order valence-electron chi connectivity index (χ3n) is 2.15. The van der Waals surface area contributed by atoms with E-state index in [9.17, 15) is 9.46 Å². The van der Waals surface area contributed by atoms with Gasteiger partial charge in [0, 0.05) is 0 Å². The topological polar surface area (TPSA) is 66.8 Å². The molecule has 1 unspecified atom stereocenters. The van der Waals surface area contributed by atoms with Gasteiger partial charge in [-0.2, -0.15) is 0 Å². The van der Waals surface area contributed by atoms with Crippen molar-refractivity contribution in [3.05, 3.63) is 54.6 Å². The normalized spacial score (nSPS) is 13.9. The predicted molar refractivity (Wildman–Crippen MR) is 64.6 cm³/mol. The molecule has 2 aromatic carbocycles. The van der Waals surface area contributed by atoms with Gasteiger partial charge in [-0.15, -0.1) is 0 Å². The molecule has 2 aromatic rings. The highest BCUT2D eigenvalue weighted by molar-refractivity contribution is 7.61. The second kappa shape index (κ2) is 4.62. The molecule has 0 fully saturated rings. The Morgan fingerprint density at radius 2 is 1.53 bits per heavy atom. The predicted octanol–water partition coefficient (Wildman–Crippen LogP) is 2.28. The number of hydrogen-bond acceptors (Lipinski definition) is 3. The number of para-hydroxylation sites is 1. The van der Waals surface area contributed by atoms with E-state index in [1.165, 1.54) is 24.3 Å². The first-order chi connectivity index (χ1) is 8.08. The minimum atomic E-state index is -3.90. The van der Waals surface area contributed by atoms with Crippen LogP contribution >= 0.6 is 7.60 Å². The summed E-state index contributed by atoms with van der Waals surface area (Å²) in [6.45, 7) is 0. The molecule has 0 aliphatic rings. The quantitative estimate of drug-likeness (QED) is 0.820. The Labute approximate surface area is 98.7 Å². The van der Waals surface area contributed by atoms with Crippen molar-refractivity contribution >= 4 is 12.9 Å². The van der Waals surface area contributed by atoms with Gasteiger partial charge in [0.15, 0.2) is 0 Å². The summed E-state index contributed by atoms with van der Waals surface area (Å²) in [4.78, 5) is 9.78. The van der Waals surface area contributed by atoms with Crippen molar-refractivity contribution in [3.8, 4) is 11.5 Å². The van der Waals surface area contributed by atoms with Crippen LogP contribution in [0.4, 0.5) is 0 Å². The maximum Gasteiger partial charge on any atom is 0.408 e. The van der Waals surface area contributed by atoms with Gasteiger partial charge in [-0.1, -0.05) is 18.2 Å². The molecule has 0 aromatic heterocycles. The molecular weight excluding hydrogens is 239 g/mol. The highest BCUT2D eigenvalue weighted by atomic mass is 31.2. The van der Waals surface area contributed by atoms with Crippen LogP contribution in [-0.2, 0) is 4.57 Å². The van der Waals surface area contributed by atoms with Crippen molar-refractivity contribution in [2.75, 3.05) is 0 Å². The number of hydrogen-bond donors (Lipinski definition) is 2. The molecule has 0 amide bonds. The van der Waals surface area contributed by atoms with E-state index in [0.29, 0.717) is 5.75 Å². The van der Waals surface area contributed by atoms with Crippen LogP contribution in [-0.4, -0.2) is 10.00 Å². The van der Waals surface area contributed by atoms with E-state index in [1.54, 1.807) is 30.3 Å². The molecule has 1 atom stereocenters. The van der Waals surface area contributed by atoms with Crippen LogP contribution in [0.2, 0.25) is 0 Å². The van der Waals surface area contributed by atoms with Crippen molar-refractivity contribution in [3.63, 3.8) is 0 Å². The van der Waals surface area contributed by atoms with E-state index >= 15 is 0 Å². The average molecular weight is 250 g/mol. The minimum Gasteiger partial charge on any atom is -0.508 e. The Bertz CT molecular complexity index is 536. The maximum atomic E-state index is 11.9. The molecule has 0 aliphatic heterocycles. The van der Waals surface area contributed by atoms with Gasteiger partial charge in [-0.25, -0.2) is 4.57 Å². The zero-order valence-corrected chi connectivity index (χ0v) is 9.75. The van der Waals surface area contributed by atoms with Gasteiger partial charge < -0.3 is 14.5 Å². The lowest BCUT2D eigenvalue weighted by atomic mass is 10.3. The van der Waals surface area contributed by atoms with Gasteiger partial charge >= 0.3 is 7.60 Å². The van der Waals surface area contributed by atoms with Crippen molar-refractivity contribution < 1.29 is 19.1 Å². The summed E-state index contributed by atoms with van der Waals surface area (Å²) in [5.41, 5.74) is 0. The summed E-state index contributed by atoms with van der Waals surface area (Å²) < 4.78 is 17.0. The van der Waals surface area contributed by atoms with E-state index in [4.69, 9.17) is 9.63 Å². The molecule has 0 aliphatic carbocycles. The lowest BCUT2D eigenvalue weighted by molar-refractivity contribution is 0.393. The number of benzene rings is 2. The summed E-state index contributed by atoms with van der Waals surface area (Å²) in [5.74, 6) is 0.361. The molecule has 5 heteroatoms. The summed E-state index contributed by atoms with van der Waals surface area (Å²) in [6.07, 6.45) is 0. The first-order valence-electron chi connectivity index (χ1n) is 4.95. The fraction of sp³-hybridized carbons (Fsp3) is 0. The van der Waals surface area contributed by atoms with Crippen LogP contribution in [0.5, 0.6) is 11.5 Å². The zero-order valence-electron chi connectivity index (χ0n) is 8.85. The standard InChI is InChI=1S/C12H11O4P/c13-10-6-8-12(9-7-10)17(14,15)16-11-4-2-1-3-5-11/h1-9,13H,(H,14,15). The van der Waals surface area contributed by atoms with E-state index in [2.05, 4.69) is 0 Å². The molecule has 2 N–H and O–H groups in total. The van der Waals surface area contributed by atoms with Gasteiger partial charge in [0.1, 0.15) is 11.5 Å². The number of phenols is 1. The molecule has 4 nitrogen and oxygen atoms in total. The van der Waals surface area contributed by atoms with E-state index < -0.39 is 7.60 Å². The Morgan fingerprint density at radius 1 is 0.941 bits per heavy atom. The molecule has 0 bridgehead atoms. The zero-order chi connectivity index (χ0) is 12.3. The largest absolute Gasteiger partial charge is 0.508 e. The molecule has 88 valence electrons. The Kier molecular flexibility index (Phi) is 3.18. The number of phenolic OH excluding ortho intramolecular Hbond substituents is 1. The van der Waals surface area contributed by atoms with Gasteiger partial charge in [-0.05, 0) is 36.4 Å². The highest BCUT2D eigenvalue weighted by Crippen LogP contribution is 2.41. The van der Waals surface area contributed by atoms with E-state index in [1.807, 2.05) is 0 Å². The van der Waals surface area contributed by atoms with Crippen molar-refractivity contribution in [2.45, 2.75) is 0 Å². The van der Waals surface area contributed by atoms with Crippen LogP contribution in [0.1, 0.15) is 0 Å². The summed E-state index contributed by atoms with van der Waals surface area (Å²) in [5, 5.41) is 9.24. The molecule has 2 rings (SSSR count). The monoisotopic (exact) mass is 250 g/mol. The van der Waals surface area contributed by atoms with Crippen LogP contribution in [0.15, 0.2) is 54.6 Å². The molecule has 0 saturated heterocycles. The second-order valence-corrected chi connectivity index (χ2v) is 5.18. The Morgan fingerprint density at radius 3 is 2.12 bits per heavy atom. The SMILES string of the molecule is O=P(O)(Oc1ccccc1)c1ccc(O)cc1. The van der Waals surface area contributed by atoms with Crippen LogP contribution < -0.4 is 9.83 Å². The van der Waals surface area contributed by atoms with Crippen LogP contribution in [0.3, 0.4) is 0 Å². The van der Waals surface area contributed by atoms with Gasteiger partial charge in [0.2, 0.25) is 0 Å². The number of aromatic hydroxyl groups is 1. The molecule has 17 heavy (non-hydrogen) atoms. The molecule has 0 saturated carbocycles. The van der Waals surface area contributed by atoms with Crippen LogP contribution in [0.25, 0.3) is 0 Å². The highest BCUT2D eigenvalue weighted by Gasteiger charge is 2.23. The Balaban J connectivity index is 2.25. The smallest absolute Gasteiger partial charge is 0.408 e. The van der Waals surface area contributed by atoms with E-state index in [0.717, 1.165) is 0 Å². The van der Waals surface area contributed by atoms with Gasteiger partial charge in [-0.3, -0.25) is 0 Å². The first kappa shape index (κ1) is 11.7. The fourth-order valence-corrected chi connectivity index (χ4v) is 2.36. The molecule has 0 radical (unpaired) electrons. The Hall–Kier alpha value is -1.77. The molecular formula is C12H11O4P. The van der Waals surface area contributed by atoms with Crippen molar-refractivity contribution in [1.82, 2.24) is 0 Å². The third-order valence-corrected chi connectivity index (χ3v) is 3.56. The number of rotatable bonds is 3. The first-order valence-corrected chi connectivity index (χ1v) is 6.53. The lowest BCUT2D eigenvalue weighted by Gasteiger charge is -2.13. The van der Waals surface area contributed by atoms with Crippen LogP contribution in [0, 0.1) is 0 Å². The maximum absolute atomic E-state index is 11.9.